The third-order valence-corrected chi connectivity index (χ3v) is 1.67. The fraction of sp³-hybridized carbons (Fsp3) is 0.200. The molecular weight excluding hydrogens is 241 g/mol. The number of hydrogen-bond acceptors (Lipinski definition) is 4. The number of ether oxygens (including phenoxy) is 2. The first kappa shape index (κ1) is 13.0. The molecule has 0 bridgehead atoms. The molecule has 0 heterocycles. The van der Waals surface area contributed by atoms with E-state index in [1.807, 2.05) is 0 Å². The molecule has 0 N–H and O–H groups in total. The Kier molecular flexibility index (Phi) is 4.50. The number of alkyl halides is 3. The predicted octanol–water partition coefficient (Wildman–Crippen LogP) is 1.94. The lowest BCUT2D eigenvalue weighted by Crippen LogP contribution is -2.17. The van der Waals surface area contributed by atoms with Crippen LogP contribution in [0.1, 0.15) is 10.4 Å². The van der Waals surface area contributed by atoms with Crippen LogP contribution in [0, 0.1) is 0 Å². The van der Waals surface area contributed by atoms with Gasteiger partial charge in [0.25, 0.3) is 0 Å². The van der Waals surface area contributed by atoms with Crippen molar-refractivity contribution in [2.45, 2.75) is 6.43 Å². The Balaban J connectivity index is 2.68. The molecule has 0 saturated carbocycles. The van der Waals surface area contributed by atoms with E-state index in [9.17, 15) is 22.8 Å². The molecule has 7 heteroatoms. The highest BCUT2D eigenvalue weighted by Crippen LogP contribution is 2.14. The summed E-state index contributed by atoms with van der Waals surface area (Å²) in [5.41, 5.74) is 0.0134. The van der Waals surface area contributed by atoms with Gasteiger partial charge in [-0.1, -0.05) is 0 Å². The highest BCUT2D eigenvalue weighted by atomic mass is 19.3. The molecule has 0 spiro atoms. The van der Waals surface area contributed by atoms with E-state index in [0.717, 1.165) is 24.3 Å². The maximum Gasteiger partial charge on any atom is 0.379 e. The van der Waals surface area contributed by atoms with Crippen molar-refractivity contribution in [3.63, 3.8) is 0 Å². The van der Waals surface area contributed by atoms with Crippen LogP contribution in [0.25, 0.3) is 0 Å². The Morgan fingerprint density at radius 1 is 1.18 bits per heavy atom. The van der Waals surface area contributed by atoms with Gasteiger partial charge in [0.2, 0.25) is 6.86 Å². The molecular formula is C10H7F3O4. The van der Waals surface area contributed by atoms with Gasteiger partial charge in [0, 0.05) is 0 Å². The van der Waals surface area contributed by atoms with Crippen LogP contribution in [-0.2, 0) is 9.53 Å². The number of esters is 2. The molecule has 92 valence electrons. The van der Waals surface area contributed by atoms with Crippen LogP contribution in [0.5, 0.6) is 5.75 Å². The zero-order valence-electron chi connectivity index (χ0n) is 8.36. The van der Waals surface area contributed by atoms with E-state index in [1.54, 1.807) is 0 Å². The fourth-order valence-electron chi connectivity index (χ4n) is 0.953. The van der Waals surface area contributed by atoms with E-state index in [0.29, 0.717) is 0 Å². The summed E-state index contributed by atoms with van der Waals surface area (Å²) in [4.78, 5) is 21.5. The Bertz CT molecular complexity index is 403. The van der Waals surface area contributed by atoms with Gasteiger partial charge in [-0.25, -0.2) is 14.0 Å². The third-order valence-electron chi connectivity index (χ3n) is 1.67. The molecule has 0 unspecified atom stereocenters. The minimum absolute atomic E-state index is 0.0134. The van der Waals surface area contributed by atoms with E-state index in [2.05, 4.69) is 9.47 Å². The van der Waals surface area contributed by atoms with Gasteiger partial charge in [-0.15, -0.1) is 0 Å². The maximum absolute atomic E-state index is 11.8. The number of rotatable bonds is 4. The summed E-state index contributed by atoms with van der Waals surface area (Å²) in [5, 5.41) is 0. The van der Waals surface area contributed by atoms with E-state index in [-0.39, 0.29) is 11.3 Å². The topological polar surface area (TPSA) is 52.6 Å². The number of carbonyl (C=O) groups is 2. The summed E-state index contributed by atoms with van der Waals surface area (Å²) in [6.07, 6.45) is -3.23. The number of halogens is 3. The Morgan fingerprint density at radius 3 is 2.24 bits per heavy atom. The summed E-state index contributed by atoms with van der Waals surface area (Å²) < 4.78 is 43.6. The average molecular weight is 248 g/mol. The van der Waals surface area contributed by atoms with Crippen LogP contribution >= 0.6 is 0 Å². The monoisotopic (exact) mass is 248 g/mol. The first-order valence-corrected chi connectivity index (χ1v) is 4.37. The fourth-order valence-corrected chi connectivity index (χ4v) is 0.953. The molecule has 0 aromatic heterocycles. The molecule has 17 heavy (non-hydrogen) atoms. The normalized spacial score (nSPS) is 10.1. The minimum atomic E-state index is -3.23. The van der Waals surface area contributed by atoms with E-state index in [4.69, 9.17) is 0 Å². The van der Waals surface area contributed by atoms with Gasteiger partial charge in [-0.2, -0.15) is 8.78 Å². The molecule has 0 atom stereocenters. The Hall–Kier alpha value is -2.05. The van der Waals surface area contributed by atoms with Crippen molar-refractivity contribution in [1.82, 2.24) is 0 Å². The average Bonchev–Trinajstić information content (AvgIpc) is 2.30. The van der Waals surface area contributed by atoms with Gasteiger partial charge in [-0.3, -0.25) is 0 Å². The van der Waals surface area contributed by atoms with Gasteiger partial charge < -0.3 is 9.47 Å². The van der Waals surface area contributed by atoms with Crippen LogP contribution in [-0.4, -0.2) is 25.2 Å². The van der Waals surface area contributed by atoms with E-state index >= 15 is 0 Å². The van der Waals surface area contributed by atoms with Gasteiger partial charge >= 0.3 is 18.4 Å². The molecule has 1 aromatic rings. The third kappa shape index (κ3) is 3.78. The lowest BCUT2D eigenvalue weighted by Gasteiger charge is -2.04. The molecule has 1 rings (SSSR count). The summed E-state index contributed by atoms with van der Waals surface area (Å²) >= 11 is 0. The Labute approximate surface area is 93.9 Å². The molecule has 4 nitrogen and oxygen atoms in total. The second-order valence-corrected chi connectivity index (χ2v) is 2.79. The number of benzene rings is 1. The van der Waals surface area contributed by atoms with Crippen LogP contribution in [0.3, 0.4) is 0 Å². The lowest BCUT2D eigenvalue weighted by molar-refractivity contribution is -0.146. The molecule has 0 saturated heterocycles. The molecule has 0 aliphatic carbocycles. The molecule has 0 radical (unpaired) electrons. The van der Waals surface area contributed by atoms with Crippen molar-refractivity contribution in [2.75, 3.05) is 6.86 Å². The second-order valence-electron chi connectivity index (χ2n) is 2.79. The largest absolute Gasteiger partial charge is 0.430 e. The summed E-state index contributed by atoms with van der Waals surface area (Å²) in [5.74, 6) is -2.74. The zero-order chi connectivity index (χ0) is 12.8. The first-order chi connectivity index (χ1) is 8.04. The zero-order valence-corrected chi connectivity index (χ0v) is 8.36. The Morgan fingerprint density at radius 2 is 1.76 bits per heavy atom. The predicted molar refractivity (Wildman–Crippen MR) is 49.5 cm³/mol. The van der Waals surface area contributed by atoms with Crippen molar-refractivity contribution in [3.8, 4) is 5.75 Å². The van der Waals surface area contributed by atoms with Gasteiger partial charge in [0.15, 0.2) is 0 Å². The van der Waals surface area contributed by atoms with Crippen LogP contribution in [0.2, 0.25) is 0 Å². The molecule has 0 amide bonds. The number of carbonyl (C=O) groups excluding carboxylic acids is 2. The van der Waals surface area contributed by atoms with Crippen molar-refractivity contribution < 1.29 is 32.2 Å². The standard InChI is InChI=1S/C10H7F3O4/c11-5-16-9(14)6-1-3-7(4-2-6)17-10(15)8(12)13/h1-4,8H,5H2. The van der Waals surface area contributed by atoms with Crippen LogP contribution in [0.15, 0.2) is 24.3 Å². The highest BCUT2D eigenvalue weighted by molar-refractivity contribution is 5.89. The molecule has 1 aromatic carbocycles. The summed E-state index contributed by atoms with van der Waals surface area (Å²) in [7, 11) is 0. The SMILES string of the molecule is O=C(OCF)c1ccc(OC(=O)C(F)F)cc1. The quantitative estimate of drug-likeness (QED) is 0.603. The smallest absolute Gasteiger partial charge is 0.379 e. The maximum atomic E-state index is 11.8. The van der Waals surface area contributed by atoms with Crippen molar-refractivity contribution in [1.29, 1.82) is 0 Å². The highest BCUT2D eigenvalue weighted by Gasteiger charge is 2.18. The molecule has 0 aliphatic heterocycles. The van der Waals surface area contributed by atoms with Crippen molar-refractivity contribution in [2.24, 2.45) is 0 Å². The van der Waals surface area contributed by atoms with E-state index < -0.39 is 25.2 Å². The minimum Gasteiger partial charge on any atom is -0.430 e. The van der Waals surface area contributed by atoms with Crippen LogP contribution < -0.4 is 4.74 Å². The molecule has 0 fully saturated rings. The van der Waals surface area contributed by atoms with Crippen molar-refractivity contribution >= 4 is 11.9 Å². The van der Waals surface area contributed by atoms with Crippen LogP contribution in [0.4, 0.5) is 13.2 Å². The first-order valence-electron chi connectivity index (χ1n) is 4.37. The van der Waals surface area contributed by atoms with Gasteiger partial charge in [0.05, 0.1) is 5.56 Å². The van der Waals surface area contributed by atoms with Crippen molar-refractivity contribution in [3.05, 3.63) is 29.8 Å². The summed E-state index contributed by atoms with van der Waals surface area (Å²) in [6.45, 7) is -1.26. The van der Waals surface area contributed by atoms with Gasteiger partial charge in [-0.05, 0) is 24.3 Å². The van der Waals surface area contributed by atoms with Gasteiger partial charge in [0.1, 0.15) is 5.75 Å². The lowest BCUT2D eigenvalue weighted by atomic mass is 10.2. The molecule has 0 aliphatic rings. The summed E-state index contributed by atoms with van der Waals surface area (Å²) in [6, 6.07) is 4.56. The number of hydrogen-bond donors (Lipinski definition) is 0. The van der Waals surface area contributed by atoms with E-state index in [1.165, 1.54) is 0 Å². The second kappa shape index (κ2) is 5.88.